The maximum Gasteiger partial charge on any atom is 0.225 e. The molecule has 122 valence electrons. The van der Waals surface area contributed by atoms with Gasteiger partial charge in [-0.3, -0.25) is 4.79 Å². The molecule has 1 aliphatic carbocycles. The molecule has 1 saturated carbocycles. The molecule has 1 aliphatic rings. The van der Waals surface area contributed by atoms with Gasteiger partial charge in [-0.1, -0.05) is 19.1 Å². The highest BCUT2D eigenvalue weighted by Gasteiger charge is 2.31. The molecule has 2 N–H and O–H groups in total. The molecule has 2 rings (SSSR count). The third-order valence-electron chi connectivity index (χ3n) is 4.40. The Balaban J connectivity index is 2.01. The predicted molar refractivity (Wildman–Crippen MR) is 86.8 cm³/mol. The lowest BCUT2D eigenvalue weighted by Gasteiger charge is -2.18. The van der Waals surface area contributed by atoms with Crippen molar-refractivity contribution in [2.45, 2.75) is 65.2 Å². The number of amides is 1. The molecular weight excluding hydrogens is 278 g/mol. The Bertz CT molecular complexity index is 515. The summed E-state index contributed by atoms with van der Waals surface area (Å²) in [5.41, 5.74) is 2.12. The summed E-state index contributed by atoms with van der Waals surface area (Å²) in [5.74, 6) is 0.520. The Kier molecular flexibility index (Phi) is 5.83. The molecule has 1 amide bonds. The molecule has 22 heavy (non-hydrogen) atoms. The summed E-state index contributed by atoms with van der Waals surface area (Å²) in [7, 11) is 0. The first-order chi connectivity index (χ1) is 10.5. The first-order valence-electron chi connectivity index (χ1n) is 8.23. The fraction of sp³-hybridized carbons (Fsp3) is 0.611. The van der Waals surface area contributed by atoms with Crippen LogP contribution in [0, 0.1) is 12.8 Å². The van der Waals surface area contributed by atoms with Crippen molar-refractivity contribution >= 4 is 5.91 Å². The van der Waals surface area contributed by atoms with Crippen molar-refractivity contribution < 1.29 is 14.6 Å². The van der Waals surface area contributed by atoms with Crippen molar-refractivity contribution in [1.82, 2.24) is 5.32 Å². The minimum atomic E-state index is -0.492. The molecule has 0 radical (unpaired) electrons. The molecule has 0 heterocycles. The number of hydrogen-bond acceptors (Lipinski definition) is 3. The SMILES string of the molecule is CCC(C)Oc1cc(C)ccc1CNC(=O)C1CCCC1O. The van der Waals surface area contributed by atoms with Gasteiger partial charge in [0.2, 0.25) is 5.91 Å². The molecule has 0 spiro atoms. The van der Waals surface area contributed by atoms with E-state index in [4.69, 9.17) is 4.74 Å². The summed E-state index contributed by atoms with van der Waals surface area (Å²) in [4.78, 5) is 12.2. The Morgan fingerprint density at radius 1 is 1.45 bits per heavy atom. The summed E-state index contributed by atoms with van der Waals surface area (Å²) in [5, 5.41) is 12.8. The molecule has 4 nitrogen and oxygen atoms in total. The number of carbonyl (C=O) groups is 1. The standard InChI is InChI=1S/C18H27NO3/c1-4-13(3)22-17-10-12(2)8-9-14(17)11-19-18(21)15-6-5-7-16(15)20/h8-10,13,15-16,20H,4-7,11H2,1-3H3,(H,19,21). The third kappa shape index (κ3) is 4.23. The third-order valence-corrected chi connectivity index (χ3v) is 4.40. The summed E-state index contributed by atoms with van der Waals surface area (Å²) in [6.45, 7) is 6.60. The number of benzene rings is 1. The molecule has 0 aliphatic heterocycles. The summed E-state index contributed by atoms with van der Waals surface area (Å²) < 4.78 is 5.95. The van der Waals surface area contributed by atoms with Gasteiger partial charge in [0.25, 0.3) is 0 Å². The van der Waals surface area contributed by atoms with E-state index in [1.165, 1.54) is 0 Å². The van der Waals surface area contributed by atoms with Crippen molar-refractivity contribution in [2.24, 2.45) is 5.92 Å². The van der Waals surface area contributed by atoms with Gasteiger partial charge in [0.15, 0.2) is 0 Å². The molecular formula is C18H27NO3. The van der Waals surface area contributed by atoms with Crippen molar-refractivity contribution in [2.75, 3.05) is 0 Å². The number of rotatable bonds is 6. The van der Waals surface area contributed by atoms with Crippen LogP contribution in [0.25, 0.3) is 0 Å². The van der Waals surface area contributed by atoms with Crippen LogP contribution in [0.5, 0.6) is 5.75 Å². The summed E-state index contributed by atoms with van der Waals surface area (Å²) in [6, 6.07) is 6.03. The van der Waals surface area contributed by atoms with Crippen LogP contribution in [-0.4, -0.2) is 23.2 Å². The second-order valence-electron chi connectivity index (χ2n) is 6.27. The van der Waals surface area contributed by atoms with Gasteiger partial charge >= 0.3 is 0 Å². The largest absolute Gasteiger partial charge is 0.490 e. The lowest BCUT2D eigenvalue weighted by atomic mass is 10.0. The highest BCUT2D eigenvalue weighted by atomic mass is 16.5. The quantitative estimate of drug-likeness (QED) is 0.849. The van der Waals surface area contributed by atoms with Crippen molar-refractivity contribution in [3.63, 3.8) is 0 Å². The van der Waals surface area contributed by atoms with E-state index in [-0.39, 0.29) is 17.9 Å². The highest BCUT2D eigenvalue weighted by molar-refractivity contribution is 5.79. The van der Waals surface area contributed by atoms with Gasteiger partial charge in [-0.05, 0) is 51.2 Å². The zero-order chi connectivity index (χ0) is 16.1. The van der Waals surface area contributed by atoms with Crippen LogP contribution in [0.4, 0.5) is 0 Å². The van der Waals surface area contributed by atoms with Gasteiger partial charge in [0, 0.05) is 12.1 Å². The van der Waals surface area contributed by atoms with Gasteiger partial charge in [-0.25, -0.2) is 0 Å². The average Bonchev–Trinajstić information content (AvgIpc) is 2.92. The van der Waals surface area contributed by atoms with Crippen LogP contribution >= 0.6 is 0 Å². The molecule has 3 unspecified atom stereocenters. The second kappa shape index (κ2) is 7.63. The fourth-order valence-electron chi connectivity index (χ4n) is 2.78. The number of aryl methyl sites for hydroxylation is 1. The zero-order valence-corrected chi connectivity index (χ0v) is 13.8. The van der Waals surface area contributed by atoms with Gasteiger partial charge in [-0.2, -0.15) is 0 Å². The smallest absolute Gasteiger partial charge is 0.225 e. The van der Waals surface area contributed by atoms with Crippen LogP contribution in [0.15, 0.2) is 18.2 Å². The van der Waals surface area contributed by atoms with Crippen molar-refractivity contribution in [3.05, 3.63) is 29.3 Å². The van der Waals surface area contributed by atoms with Crippen molar-refractivity contribution in [1.29, 1.82) is 0 Å². The lowest BCUT2D eigenvalue weighted by molar-refractivity contribution is -0.127. The van der Waals surface area contributed by atoms with E-state index in [1.54, 1.807) is 0 Å². The number of hydrogen-bond donors (Lipinski definition) is 2. The maximum atomic E-state index is 12.2. The highest BCUT2D eigenvalue weighted by Crippen LogP contribution is 2.26. The Labute approximate surface area is 132 Å². The van der Waals surface area contributed by atoms with Gasteiger partial charge in [0.05, 0.1) is 18.1 Å². The first kappa shape index (κ1) is 16.8. The molecule has 0 aromatic heterocycles. The normalized spacial score (nSPS) is 22.4. The number of ether oxygens (including phenoxy) is 1. The fourth-order valence-corrected chi connectivity index (χ4v) is 2.78. The zero-order valence-electron chi connectivity index (χ0n) is 13.8. The summed E-state index contributed by atoms with van der Waals surface area (Å²) in [6.07, 6.45) is 3.02. The maximum absolute atomic E-state index is 12.2. The van der Waals surface area contributed by atoms with Crippen LogP contribution in [0.3, 0.4) is 0 Å². The molecule has 0 bridgehead atoms. The summed E-state index contributed by atoms with van der Waals surface area (Å²) >= 11 is 0. The van der Waals surface area contributed by atoms with Gasteiger partial charge < -0.3 is 15.2 Å². The number of aliphatic hydroxyl groups is 1. The van der Waals surface area contributed by atoms with Gasteiger partial charge in [-0.15, -0.1) is 0 Å². The van der Waals surface area contributed by atoms with E-state index in [0.717, 1.165) is 42.6 Å². The van der Waals surface area contributed by atoms with E-state index in [0.29, 0.717) is 6.54 Å². The van der Waals surface area contributed by atoms with E-state index >= 15 is 0 Å². The number of nitrogens with one attached hydrogen (secondary N) is 1. The molecule has 4 heteroatoms. The Hall–Kier alpha value is -1.55. The number of aliphatic hydroxyl groups excluding tert-OH is 1. The molecule has 3 atom stereocenters. The molecule has 1 fully saturated rings. The minimum absolute atomic E-state index is 0.0555. The molecule has 0 saturated heterocycles. The second-order valence-corrected chi connectivity index (χ2v) is 6.27. The predicted octanol–water partition coefficient (Wildman–Crippen LogP) is 2.95. The van der Waals surface area contributed by atoms with Crippen LogP contribution in [0.2, 0.25) is 0 Å². The lowest BCUT2D eigenvalue weighted by Crippen LogP contribution is -2.34. The monoisotopic (exact) mass is 305 g/mol. The number of carbonyl (C=O) groups excluding carboxylic acids is 1. The van der Waals surface area contributed by atoms with Gasteiger partial charge in [0.1, 0.15) is 5.75 Å². The molecule has 1 aromatic rings. The minimum Gasteiger partial charge on any atom is -0.490 e. The van der Waals surface area contributed by atoms with Crippen molar-refractivity contribution in [3.8, 4) is 5.75 Å². The average molecular weight is 305 g/mol. The molecule has 1 aromatic carbocycles. The van der Waals surface area contributed by atoms with E-state index in [9.17, 15) is 9.90 Å². The van der Waals surface area contributed by atoms with Crippen LogP contribution in [-0.2, 0) is 11.3 Å². The van der Waals surface area contributed by atoms with Crippen LogP contribution < -0.4 is 10.1 Å². The first-order valence-corrected chi connectivity index (χ1v) is 8.23. The van der Waals surface area contributed by atoms with Crippen LogP contribution in [0.1, 0.15) is 50.7 Å². The van der Waals surface area contributed by atoms with E-state index < -0.39 is 6.10 Å². The Morgan fingerprint density at radius 2 is 2.23 bits per heavy atom. The van der Waals surface area contributed by atoms with E-state index in [1.807, 2.05) is 32.0 Å². The van der Waals surface area contributed by atoms with E-state index in [2.05, 4.69) is 12.2 Å². The Morgan fingerprint density at radius 3 is 2.86 bits per heavy atom. The topological polar surface area (TPSA) is 58.6 Å².